The van der Waals surface area contributed by atoms with Gasteiger partial charge in [-0.2, -0.15) is 0 Å². The van der Waals surface area contributed by atoms with Crippen LogP contribution >= 0.6 is 11.6 Å². The van der Waals surface area contributed by atoms with E-state index >= 15 is 0 Å². The number of aryl methyl sites for hydroxylation is 1. The molecule has 0 aliphatic carbocycles. The molecule has 0 aliphatic rings. The van der Waals surface area contributed by atoms with Crippen LogP contribution in [-0.4, -0.2) is 28.8 Å². The zero-order valence-corrected chi connectivity index (χ0v) is 20.3. The predicted molar refractivity (Wildman–Crippen MR) is 128 cm³/mol. The molecule has 0 fully saturated rings. The van der Waals surface area contributed by atoms with E-state index in [0.717, 1.165) is 11.1 Å². The van der Waals surface area contributed by atoms with Gasteiger partial charge in [0.25, 0.3) is 0 Å². The van der Waals surface area contributed by atoms with Crippen LogP contribution in [-0.2, 0) is 28.0 Å². The summed E-state index contributed by atoms with van der Waals surface area (Å²) in [6.07, 6.45) is 0.958. The van der Waals surface area contributed by atoms with Crippen LogP contribution in [0, 0.1) is 0 Å². The molecule has 0 saturated carbocycles. The number of nitrogens with zero attached hydrogens (tertiary/aromatic N) is 1. The van der Waals surface area contributed by atoms with Crippen molar-refractivity contribution < 1.29 is 9.59 Å². The quantitative estimate of drug-likeness (QED) is 0.585. The van der Waals surface area contributed by atoms with Crippen molar-refractivity contribution in [2.75, 3.05) is 0 Å². The van der Waals surface area contributed by atoms with Crippen molar-refractivity contribution in [1.29, 1.82) is 0 Å². The number of halogens is 1. The van der Waals surface area contributed by atoms with Crippen LogP contribution in [0.4, 0.5) is 0 Å². The Bertz CT molecular complexity index is 885. The number of nitrogens with one attached hydrogen (secondary N) is 1. The number of hydrogen-bond donors (Lipinski definition) is 1. The van der Waals surface area contributed by atoms with Gasteiger partial charge in [0, 0.05) is 24.0 Å². The van der Waals surface area contributed by atoms with Crippen LogP contribution < -0.4 is 5.32 Å². The second-order valence-corrected chi connectivity index (χ2v) is 9.81. The molecule has 0 spiro atoms. The Morgan fingerprint density at radius 2 is 1.61 bits per heavy atom. The summed E-state index contributed by atoms with van der Waals surface area (Å²) in [6, 6.07) is 15.3. The van der Waals surface area contributed by atoms with E-state index in [9.17, 15) is 9.59 Å². The Labute approximate surface area is 192 Å². The van der Waals surface area contributed by atoms with Crippen molar-refractivity contribution in [3.8, 4) is 0 Å². The fourth-order valence-corrected chi connectivity index (χ4v) is 3.56. The first-order valence-electron chi connectivity index (χ1n) is 10.9. The smallest absolute Gasteiger partial charge is 0.242 e. The van der Waals surface area contributed by atoms with Crippen molar-refractivity contribution >= 4 is 23.4 Å². The molecule has 2 rings (SSSR count). The molecule has 1 atom stereocenters. The molecule has 0 aromatic heterocycles. The highest BCUT2D eigenvalue weighted by molar-refractivity contribution is 6.31. The molecule has 2 aromatic rings. The summed E-state index contributed by atoms with van der Waals surface area (Å²) in [7, 11) is 0. The van der Waals surface area contributed by atoms with Gasteiger partial charge >= 0.3 is 0 Å². The van der Waals surface area contributed by atoms with Gasteiger partial charge in [0.1, 0.15) is 6.04 Å². The van der Waals surface area contributed by atoms with E-state index in [2.05, 4.69) is 50.4 Å². The monoisotopic (exact) mass is 442 g/mol. The average molecular weight is 443 g/mol. The van der Waals surface area contributed by atoms with Gasteiger partial charge in [0.05, 0.1) is 0 Å². The average Bonchev–Trinajstić information content (AvgIpc) is 2.70. The van der Waals surface area contributed by atoms with E-state index in [0.29, 0.717) is 24.4 Å². The molecule has 2 amide bonds. The van der Waals surface area contributed by atoms with Gasteiger partial charge in [0.15, 0.2) is 0 Å². The maximum Gasteiger partial charge on any atom is 0.242 e. The fraction of sp³-hybridized carbons (Fsp3) is 0.462. The van der Waals surface area contributed by atoms with Crippen molar-refractivity contribution in [1.82, 2.24) is 10.2 Å². The summed E-state index contributed by atoms with van der Waals surface area (Å²) in [5.41, 5.74) is 3.30. The van der Waals surface area contributed by atoms with Gasteiger partial charge in [-0.25, -0.2) is 0 Å². The lowest BCUT2D eigenvalue weighted by atomic mass is 9.86. The number of carbonyl (C=O) groups is 2. The van der Waals surface area contributed by atoms with E-state index < -0.39 is 6.04 Å². The molecule has 2 aromatic carbocycles. The van der Waals surface area contributed by atoms with E-state index in [1.165, 1.54) is 5.56 Å². The number of benzene rings is 2. The van der Waals surface area contributed by atoms with Crippen LogP contribution in [0.3, 0.4) is 0 Å². The van der Waals surface area contributed by atoms with Crippen LogP contribution in [0.15, 0.2) is 48.5 Å². The third-order valence-electron chi connectivity index (χ3n) is 5.34. The Hall–Kier alpha value is -2.33. The molecule has 0 bridgehead atoms. The summed E-state index contributed by atoms with van der Waals surface area (Å²) in [5.74, 6) is -0.226. The van der Waals surface area contributed by atoms with Crippen molar-refractivity contribution in [2.24, 2.45) is 0 Å². The molecule has 0 aliphatic heterocycles. The lowest BCUT2D eigenvalue weighted by Crippen LogP contribution is -2.49. The lowest BCUT2D eigenvalue weighted by Gasteiger charge is -2.29. The second kappa shape index (κ2) is 10.8. The van der Waals surface area contributed by atoms with Crippen molar-refractivity contribution in [2.45, 2.75) is 78.4 Å². The molecular formula is C26H35ClN2O2. The maximum absolute atomic E-state index is 13.2. The van der Waals surface area contributed by atoms with Gasteiger partial charge in [-0.05, 0) is 55.4 Å². The predicted octanol–water partition coefficient (Wildman–Crippen LogP) is 5.51. The minimum absolute atomic E-state index is 0.00791. The maximum atomic E-state index is 13.2. The van der Waals surface area contributed by atoms with Gasteiger partial charge < -0.3 is 10.2 Å². The molecule has 0 saturated heterocycles. The molecule has 0 radical (unpaired) electrons. The van der Waals surface area contributed by atoms with E-state index in [1.807, 2.05) is 32.0 Å². The number of hydrogen-bond acceptors (Lipinski definition) is 2. The van der Waals surface area contributed by atoms with E-state index in [1.54, 1.807) is 17.9 Å². The molecule has 4 nitrogen and oxygen atoms in total. The van der Waals surface area contributed by atoms with Crippen molar-refractivity contribution in [3.63, 3.8) is 0 Å². The summed E-state index contributed by atoms with van der Waals surface area (Å²) >= 11 is 6.33. The number of carbonyl (C=O) groups excluding carboxylic acids is 2. The molecule has 31 heavy (non-hydrogen) atoms. The minimum atomic E-state index is -0.588. The van der Waals surface area contributed by atoms with Crippen LogP contribution in [0.1, 0.15) is 64.7 Å². The molecule has 0 heterocycles. The molecular weight excluding hydrogens is 408 g/mol. The Morgan fingerprint density at radius 1 is 1.00 bits per heavy atom. The fourth-order valence-electron chi connectivity index (χ4n) is 3.36. The largest absolute Gasteiger partial charge is 0.352 e. The molecule has 0 unspecified atom stereocenters. The van der Waals surface area contributed by atoms with Crippen LogP contribution in [0.5, 0.6) is 0 Å². The molecule has 1 N–H and O–H groups in total. The SMILES string of the molecule is CC(C)NC(=O)[C@@H](C)N(Cc1ccccc1Cl)C(=O)CCc1ccc(C(C)(C)C)cc1. The van der Waals surface area contributed by atoms with Gasteiger partial charge in [-0.15, -0.1) is 0 Å². The van der Waals surface area contributed by atoms with E-state index in [-0.39, 0.29) is 23.3 Å². The highest BCUT2D eigenvalue weighted by Gasteiger charge is 2.26. The van der Waals surface area contributed by atoms with Crippen molar-refractivity contribution in [3.05, 3.63) is 70.2 Å². The molecule has 5 heteroatoms. The first-order valence-corrected chi connectivity index (χ1v) is 11.3. The normalized spacial score (nSPS) is 12.5. The number of rotatable bonds is 8. The highest BCUT2D eigenvalue weighted by Crippen LogP contribution is 2.23. The van der Waals surface area contributed by atoms with Gasteiger partial charge in [-0.3, -0.25) is 9.59 Å². The standard InChI is InChI=1S/C26H35ClN2O2/c1-18(2)28-25(31)19(3)29(17-21-9-7-8-10-23(21)27)24(30)16-13-20-11-14-22(15-12-20)26(4,5)6/h7-12,14-15,18-19H,13,16-17H2,1-6H3,(H,28,31)/t19-/m1/s1. The topological polar surface area (TPSA) is 49.4 Å². The van der Waals surface area contributed by atoms with Gasteiger partial charge in [-0.1, -0.05) is 74.8 Å². The van der Waals surface area contributed by atoms with Crippen LogP contribution in [0.2, 0.25) is 5.02 Å². The summed E-state index contributed by atoms with van der Waals surface area (Å²) in [6.45, 7) is 12.4. The minimum Gasteiger partial charge on any atom is -0.352 e. The molecule has 168 valence electrons. The Kier molecular flexibility index (Phi) is 8.69. The summed E-state index contributed by atoms with van der Waals surface area (Å²) in [4.78, 5) is 27.5. The third-order valence-corrected chi connectivity index (χ3v) is 5.71. The Morgan fingerprint density at radius 3 is 2.16 bits per heavy atom. The number of amides is 2. The van der Waals surface area contributed by atoms with Gasteiger partial charge in [0.2, 0.25) is 11.8 Å². The third kappa shape index (κ3) is 7.39. The van der Waals surface area contributed by atoms with Crippen LogP contribution in [0.25, 0.3) is 0 Å². The summed E-state index contributed by atoms with van der Waals surface area (Å²) < 4.78 is 0. The Balaban J connectivity index is 2.15. The summed E-state index contributed by atoms with van der Waals surface area (Å²) in [5, 5.41) is 3.50. The van der Waals surface area contributed by atoms with E-state index in [4.69, 9.17) is 11.6 Å². The second-order valence-electron chi connectivity index (χ2n) is 9.40. The first-order chi connectivity index (χ1) is 14.5. The first kappa shape index (κ1) is 24.9. The highest BCUT2D eigenvalue weighted by atomic mass is 35.5. The zero-order valence-electron chi connectivity index (χ0n) is 19.5. The lowest BCUT2D eigenvalue weighted by molar-refractivity contribution is -0.140. The zero-order chi connectivity index (χ0) is 23.2.